The van der Waals surface area contributed by atoms with E-state index < -0.39 is 12.7 Å². The summed E-state index contributed by atoms with van der Waals surface area (Å²) in [6.45, 7) is 0.982. The third-order valence-corrected chi connectivity index (χ3v) is 5.25. The van der Waals surface area contributed by atoms with Gasteiger partial charge in [-0.2, -0.15) is 13.2 Å². The molecule has 1 aromatic heterocycles. The summed E-state index contributed by atoms with van der Waals surface area (Å²) in [5.74, 6) is 0.579. The van der Waals surface area contributed by atoms with Crippen molar-refractivity contribution in [3.8, 4) is 11.4 Å². The number of halogens is 3. The number of piperazine rings is 1. The molecule has 0 N–H and O–H groups in total. The van der Waals surface area contributed by atoms with Crippen LogP contribution in [0.25, 0.3) is 22.3 Å². The van der Waals surface area contributed by atoms with E-state index in [2.05, 4.69) is 9.88 Å². The first-order chi connectivity index (χ1) is 13.8. The maximum Gasteiger partial charge on any atom is 0.401 e. The lowest BCUT2D eigenvalue weighted by atomic mass is 10.1. The Morgan fingerprint density at radius 2 is 1.62 bits per heavy atom. The van der Waals surface area contributed by atoms with Crippen molar-refractivity contribution >= 4 is 16.6 Å². The van der Waals surface area contributed by atoms with E-state index in [1.807, 2.05) is 42.5 Å². The second-order valence-electron chi connectivity index (χ2n) is 7.24. The third kappa shape index (κ3) is 4.12. The van der Waals surface area contributed by atoms with Gasteiger partial charge in [-0.1, -0.05) is 12.1 Å². The highest BCUT2D eigenvalue weighted by Gasteiger charge is 2.32. The van der Waals surface area contributed by atoms with Crippen molar-refractivity contribution in [2.45, 2.75) is 6.18 Å². The molecule has 1 fully saturated rings. The van der Waals surface area contributed by atoms with E-state index in [1.54, 1.807) is 13.1 Å². The molecular formula is C21H21F3N4O. The molecular weight excluding hydrogens is 381 g/mol. The van der Waals surface area contributed by atoms with Crippen molar-refractivity contribution < 1.29 is 13.2 Å². The van der Waals surface area contributed by atoms with Gasteiger partial charge in [-0.25, -0.2) is 4.98 Å². The van der Waals surface area contributed by atoms with Gasteiger partial charge < -0.3 is 4.90 Å². The number of anilines is 1. The van der Waals surface area contributed by atoms with Gasteiger partial charge in [-0.15, -0.1) is 0 Å². The highest BCUT2D eigenvalue weighted by molar-refractivity contribution is 5.79. The van der Waals surface area contributed by atoms with E-state index >= 15 is 0 Å². The molecule has 1 aliphatic rings. The number of hydrogen-bond acceptors (Lipinski definition) is 4. The number of alkyl halides is 3. The number of aromatic nitrogens is 2. The van der Waals surface area contributed by atoms with Crippen LogP contribution < -0.4 is 10.5 Å². The summed E-state index contributed by atoms with van der Waals surface area (Å²) in [4.78, 5) is 20.7. The van der Waals surface area contributed by atoms with Gasteiger partial charge in [0.1, 0.15) is 5.82 Å². The monoisotopic (exact) mass is 402 g/mol. The fourth-order valence-corrected chi connectivity index (χ4v) is 3.72. The number of benzene rings is 2. The molecule has 5 nitrogen and oxygen atoms in total. The Morgan fingerprint density at radius 3 is 2.28 bits per heavy atom. The van der Waals surface area contributed by atoms with Gasteiger partial charge >= 0.3 is 6.18 Å². The summed E-state index contributed by atoms with van der Waals surface area (Å²) in [5.41, 5.74) is 2.31. The maximum absolute atomic E-state index is 12.6. The van der Waals surface area contributed by atoms with Crippen LogP contribution in [-0.4, -0.2) is 53.4 Å². The lowest BCUT2D eigenvalue weighted by Crippen LogP contribution is -2.49. The first-order valence-electron chi connectivity index (χ1n) is 9.42. The third-order valence-electron chi connectivity index (χ3n) is 5.25. The van der Waals surface area contributed by atoms with Crippen LogP contribution in [0.5, 0.6) is 0 Å². The highest BCUT2D eigenvalue weighted by atomic mass is 19.4. The van der Waals surface area contributed by atoms with E-state index in [9.17, 15) is 18.0 Å². The lowest BCUT2D eigenvalue weighted by molar-refractivity contribution is -0.146. The van der Waals surface area contributed by atoms with Gasteiger partial charge in [0.25, 0.3) is 5.56 Å². The normalized spacial score (nSPS) is 15.8. The van der Waals surface area contributed by atoms with Crippen LogP contribution in [0.15, 0.2) is 53.3 Å². The highest BCUT2D eigenvalue weighted by Crippen LogP contribution is 2.24. The SMILES string of the molecule is Cn1c(-c2ccc(N3CCN(CC(F)(F)F)CC3)cc2)nc2ccccc2c1=O. The molecule has 3 aromatic rings. The van der Waals surface area contributed by atoms with E-state index in [0.717, 1.165) is 11.3 Å². The first-order valence-corrected chi connectivity index (χ1v) is 9.42. The molecule has 2 heterocycles. The van der Waals surface area contributed by atoms with Crippen molar-refractivity contribution in [2.75, 3.05) is 37.6 Å². The van der Waals surface area contributed by atoms with Crippen LogP contribution >= 0.6 is 0 Å². The van der Waals surface area contributed by atoms with Crippen molar-refractivity contribution in [1.82, 2.24) is 14.5 Å². The summed E-state index contributed by atoms with van der Waals surface area (Å²) >= 11 is 0. The van der Waals surface area contributed by atoms with Gasteiger partial charge in [0.2, 0.25) is 0 Å². The van der Waals surface area contributed by atoms with Gasteiger partial charge in [-0.3, -0.25) is 14.3 Å². The van der Waals surface area contributed by atoms with Crippen LogP contribution in [0.3, 0.4) is 0 Å². The maximum atomic E-state index is 12.6. The average molecular weight is 402 g/mol. The van der Waals surface area contributed by atoms with Crippen molar-refractivity contribution in [1.29, 1.82) is 0 Å². The zero-order valence-corrected chi connectivity index (χ0v) is 16.0. The largest absolute Gasteiger partial charge is 0.401 e. The Balaban J connectivity index is 1.53. The van der Waals surface area contributed by atoms with Gasteiger partial charge in [-0.05, 0) is 36.4 Å². The van der Waals surface area contributed by atoms with Crippen LogP contribution in [0.1, 0.15) is 0 Å². The van der Waals surface area contributed by atoms with Crippen LogP contribution in [0, 0.1) is 0 Å². The Labute approximate surface area is 166 Å². The molecule has 0 bridgehead atoms. The van der Waals surface area contributed by atoms with E-state index in [-0.39, 0.29) is 5.56 Å². The topological polar surface area (TPSA) is 41.4 Å². The summed E-state index contributed by atoms with van der Waals surface area (Å²) in [6, 6.07) is 14.9. The molecule has 152 valence electrons. The van der Waals surface area contributed by atoms with E-state index in [0.29, 0.717) is 42.9 Å². The molecule has 4 rings (SSSR count). The smallest absolute Gasteiger partial charge is 0.369 e. The average Bonchev–Trinajstić information content (AvgIpc) is 2.70. The molecule has 0 atom stereocenters. The van der Waals surface area contributed by atoms with Crippen LogP contribution in [0.2, 0.25) is 0 Å². The first kappa shape index (κ1) is 19.4. The predicted molar refractivity (Wildman–Crippen MR) is 107 cm³/mol. The fourth-order valence-electron chi connectivity index (χ4n) is 3.72. The molecule has 2 aromatic carbocycles. The van der Waals surface area contributed by atoms with Crippen LogP contribution in [-0.2, 0) is 7.05 Å². The minimum Gasteiger partial charge on any atom is -0.369 e. The molecule has 0 amide bonds. The summed E-state index contributed by atoms with van der Waals surface area (Å²) < 4.78 is 39.2. The Morgan fingerprint density at radius 1 is 0.966 bits per heavy atom. The zero-order valence-electron chi connectivity index (χ0n) is 16.0. The Hall–Kier alpha value is -2.87. The molecule has 0 radical (unpaired) electrons. The summed E-state index contributed by atoms with van der Waals surface area (Å²) in [7, 11) is 1.70. The Kier molecular flexibility index (Phi) is 5.04. The minimum absolute atomic E-state index is 0.101. The second kappa shape index (κ2) is 7.51. The van der Waals surface area contributed by atoms with Crippen molar-refractivity contribution in [3.05, 3.63) is 58.9 Å². The minimum atomic E-state index is -4.16. The molecule has 1 aliphatic heterocycles. The summed E-state index contributed by atoms with van der Waals surface area (Å²) in [6.07, 6.45) is -4.16. The number of nitrogens with zero attached hydrogens (tertiary/aromatic N) is 4. The van der Waals surface area contributed by atoms with Gasteiger partial charge in [0.05, 0.1) is 17.4 Å². The standard InChI is InChI=1S/C21H21F3N4O/c1-26-19(25-18-5-3-2-4-17(18)20(26)29)15-6-8-16(9-7-15)28-12-10-27(11-13-28)14-21(22,23)24/h2-9H,10-14H2,1H3. The van der Waals surface area contributed by atoms with Gasteiger partial charge in [0.15, 0.2) is 0 Å². The molecule has 29 heavy (non-hydrogen) atoms. The molecule has 1 saturated heterocycles. The van der Waals surface area contributed by atoms with E-state index in [4.69, 9.17) is 0 Å². The summed E-state index contributed by atoms with van der Waals surface area (Å²) in [5, 5.41) is 0.576. The lowest BCUT2D eigenvalue weighted by Gasteiger charge is -2.36. The zero-order chi connectivity index (χ0) is 20.6. The molecule has 0 saturated carbocycles. The number of hydrogen-bond donors (Lipinski definition) is 0. The molecule has 0 unspecified atom stereocenters. The number of fused-ring (bicyclic) bond motifs is 1. The second-order valence-corrected chi connectivity index (χ2v) is 7.24. The fraction of sp³-hybridized carbons (Fsp3) is 0.333. The number of para-hydroxylation sites is 1. The molecule has 8 heteroatoms. The van der Waals surface area contributed by atoms with Crippen LogP contribution in [0.4, 0.5) is 18.9 Å². The quantitative estimate of drug-likeness (QED) is 0.674. The number of rotatable bonds is 3. The van der Waals surface area contributed by atoms with Gasteiger partial charge in [0, 0.05) is 44.5 Å². The van der Waals surface area contributed by atoms with E-state index in [1.165, 1.54) is 9.47 Å². The molecule has 0 aliphatic carbocycles. The predicted octanol–water partition coefficient (Wildman–Crippen LogP) is 3.28. The van der Waals surface area contributed by atoms with Crippen molar-refractivity contribution in [2.24, 2.45) is 7.05 Å². The Bertz CT molecular complexity index is 1070. The van der Waals surface area contributed by atoms with Crippen molar-refractivity contribution in [3.63, 3.8) is 0 Å². The molecule has 0 spiro atoms.